The Labute approximate surface area is 118 Å². The average molecular weight is 272 g/mol. The number of hydrogen-bond acceptors (Lipinski definition) is 3. The van der Waals surface area contributed by atoms with Crippen LogP contribution in [0.2, 0.25) is 0 Å². The van der Waals surface area contributed by atoms with Crippen LogP contribution in [-0.2, 0) is 6.42 Å². The minimum atomic E-state index is -0.0603. The number of benzene rings is 1. The van der Waals surface area contributed by atoms with Gasteiger partial charge >= 0.3 is 0 Å². The monoisotopic (exact) mass is 272 g/mol. The predicted octanol–water partition coefficient (Wildman–Crippen LogP) is 3.10. The van der Waals surface area contributed by atoms with Gasteiger partial charge in [0.15, 0.2) is 0 Å². The van der Waals surface area contributed by atoms with Crippen molar-refractivity contribution >= 4 is 0 Å². The maximum absolute atomic E-state index is 12.0. The standard InChI is InChI=1S/C16H20N2O2/c1-4-9-20-13-8-6-7-12(10-13)15-17-11(3)14(5-2)16(19)18-15/h6-8,10H,4-5,9H2,1-3H3,(H,17,18,19). The Kier molecular flexibility index (Phi) is 4.56. The van der Waals surface area contributed by atoms with Gasteiger partial charge in [-0.25, -0.2) is 4.98 Å². The summed E-state index contributed by atoms with van der Waals surface area (Å²) in [5, 5.41) is 0. The second-order valence-electron chi connectivity index (χ2n) is 4.71. The Bertz CT molecular complexity index is 647. The van der Waals surface area contributed by atoms with Crippen LogP contribution in [0.4, 0.5) is 0 Å². The first-order valence-electron chi connectivity index (χ1n) is 6.98. The highest BCUT2D eigenvalue weighted by Crippen LogP contribution is 2.21. The van der Waals surface area contributed by atoms with E-state index < -0.39 is 0 Å². The third-order valence-corrected chi connectivity index (χ3v) is 3.16. The molecule has 1 heterocycles. The molecule has 0 radical (unpaired) electrons. The van der Waals surface area contributed by atoms with E-state index in [2.05, 4.69) is 16.9 Å². The molecule has 4 nitrogen and oxygen atoms in total. The van der Waals surface area contributed by atoms with Crippen LogP contribution >= 0.6 is 0 Å². The maximum atomic E-state index is 12.0. The van der Waals surface area contributed by atoms with Crippen LogP contribution in [0.25, 0.3) is 11.4 Å². The van der Waals surface area contributed by atoms with E-state index in [1.165, 1.54) is 0 Å². The summed E-state index contributed by atoms with van der Waals surface area (Å²) in [6.45, 7) is 6.57. The van der Waals surface area contributed by atoms with Crippen LogP contribution in [0.5, 0.6) is 5.75 Å². The predicted molar refractivity (Wildman–Crippen MR) is 80.2 cm³/mol. The molecule has 20 heavy (non-hydrogen) atoms. The molecule has 0 unspecified atom stereocenters. The molecule has 2 rings (SSSR count). The lowest BCUT2D eigenvalue weighted by atomic mass is 10.1. The average Bonchev–Trinajstić information content (AvgIpc) is 2.45. The van der Waals surface area contributed by atoms with Crippen LogP contribution in [0.15, 0.2) is 29.1 Å². The molecule has 0 aliphatic rings. The molecule has 0 aliphatic heterocycles. The first kappa shape index (κ1) is 14.3. The number of ether oxygens (including phenoxy) is 1. The zero-order valence-electron chi connectivity index (χ0n) is 12.2. The number of nitrogens with zero attached hydrogens (tertiary/aromatic N) is 1. The van der Waals surface area contributed by atoms with Gasteiger partial charge in [-0.3, -0.25) is 4.79 Å². The van der Waals surface area contributed by atoms with Gasteiger partial charge in [0.2, 0.25) is 0 Å². The van der Waals surface area contributed by atoms with Crippen molar-refractivity contribution in [2.75, 3.05) is 6.61 Å². The highest BCUT2D eigenvalue weighted by molar-refractivity contribution is 5.57. The molecule has 2 aromatic rings. The molecule has 0 saturated heterocycles. The molecule has 4 heteroatoms. The summed E-state index contributed by atoms with van der Waals surface area (Å²) in [5.74, 6) is 1.39. The Balaban J connectivity index is 2.39. The molecule has 106 valence electrons. The van der Waals surface area contributed by atoms with Gasteiger partial charge in [0.25, 0.3) is 5.56 Å². The summed E-state index contributed by atoms with van der Waals surface area (Å²) in [4.78, 5) is 19.3. The molecule has 1 aromatic carbocycles. The molecular weight excluding hydrogens is 252 g/mol. The van der Waals surface area contributed by atoms with Gasteiger partial charge < -0.3 is 9.72 Å². The molecule has 1 N–H and O–H groups in total. The zero-order valence-corrected chi connectivity index (χ0v) is 12.2. The van der Waals surface area contributed by atoms with E-state index >= 15 is 0 Å². The van der Waals surface area contributed by atoms with Crippen molar-refractivity contribution in [2.24, 2.45) is 0 Å². The van der Waals surface area contributed by atoms with E-state index in [0.717, 1.165) is 29.0 Å². The maximum Gasteiger partial charge on any atom is 0.254 e. The first-order chi connectivity index (χ1) is 9.65. The first-order valence-corrected chi connectivity index (χ1v) is 6.98. The molecule has 0 fully saturated rings. The summed E-state index contributed by atoms with van der Waals surface area (Å²) >= 11 is 0. The fourth-order valence-electron chi connectivity index (χ4n) is 2.12. The number of aromatic amines is 1. The van der Waals surface area contributed by atoms with E-state index in [1.807, 2.05) is 38.1 Å². The van der Waals surface area contributed by atoms with Crippen molar-refractivity contribution in [3.05, 3.63) is 45.9 Å². The van der Waals surface area contributed by atoms with Crippen LogP contribution in [0, 0.1) is 6.92 Å². The van der Waals surface area contributed by atoms with Crippen LogP contribution in [0.1, 0.15) is 31.5 Å². The second kappa shape index (κ2) is 6.37. The Morgan fingerprint density at radius 2 is 2.10 bits per heavy atom. The third-order valence-electron chi connectivity index (χ3n) is 3.16. The minimum Gasteiger partial charge on any atom is -0.494 e. The number of nitrogens with one attached hydrogen (secondary N) is 1. The van der Waals surface area contributed by atoms with Crippen molar-refractivity contribution in [3.8, 4) is 17.1 Å². The van der Waals surface area contributed by atoms with Crippen molar-refractivity contribution < 1.29 is 4.74 Å². The highest BCUT2D eigenvalue weighted by atomic mass is 16.5. The fourth-order valence-corrected chi connectivity index (χ4v) is 2.12. The molecular formula is C16H20N2O2. The molecule has 0 saturated carbocycles. The third kappa shape index (κ3) is 3.07. The summed E-state index contributed by atoms with van der Waals surface area (Å²) in [6.07, 6.45) is 1.65. The fraction of sp³-hybridized carbons (Fsp3) is 0.375. The largest absolute Gasteiger partial charge is 0.494 e. The minimum absolute atomic E-state index is 0.0603. The summed E-state index contributed by atoms with van der Waals surface area (Å²) < 4.78 is 5.60. The molecule has 1 aromatic heterocycles. The van der Waals surface area contributed by atoms with Gasteiger partial charge in [0.1, 0.15) is 11.6 Å². The van der Waals surface area contributed by atoms with Gasteiger partial charge in [-0.15, -0.1) is 0 Å². The van der Waals surface area contributed by atoms with Crippen molar-refractivity contribution in [2.45, 2.75) is 33.6 Å². The highest BCUT2D eigenvalue weighted by Gasteiger charge is 2.08. The molecule has 0 aliphatic carbocycles. The second-order valence-corrected chi connectivity index (χ2v) is 4.71. The molecule has 0 spiro atoms. The lowest BCUT2D eigenvalue weighted by Gasteiger charge is -2.08. The van der Waals surface area contributed by atoms with Gasteiger partial charge in [-0.1, -0.05) is 26.0 Å². The number of rotatable bonds is 5. The van der Waals surface area contributed by atoms with Crippen molar-refractivity contribution in [1.82, 2.24) is 9.97 Å². The van der Waals surface area contributed by atoms with Crippen LogP contribution in [0.3, 0.4) is 0 Å². The van der Waals surface area contributed by atoms with Gasteiger partial charge in [0.05, 0.1) is 6.61 Å². The van der Waals surface area contributed by atoms with E-state index in [1.54, 1.807) is 0 Å². The van der Waals surface area contributed by atoms with E-state index in [4.69, 9.17) is 4.74 Å². The van der Waals surface area contributed by atoms with Gasteiger partial charge in [0, 0.05) is 16.8 Å². The SMILES string of the molecule is CCCOc1cccc(-c2nc(C)c(CC)c(=O)[nH]2)c1. The number of aromatic nitrogens is 2. The normalized spacial score (nSPS) is 10.6. The zero-order chi connectivity index (χ0) is 14.5. The van der Waals surface area contributed by atoms with E-state index in [-0.39, 0.29) is 5.56 Å². The van der Waals surface area contributed by atoms with Crippen molar-refractivity contribution in [1.29, 1.82) is 0 Å². The lowest BCUT2D eigenvalue weighted by Crippen LogP contribution is -2.16. The summed E-state index contributed by atoms with van der Waals surface area (Å²) in [5.41, 5.74) is 2.33. The van der Waals surface area contributed by atoms with E-state index in [9.17, 15) is 4.79 Å². The Morgan fingerprint density at radius 3 is 2.75 bits per heavy atom. The number of H-pyrrole nitrogens is 1. The molecule has 0 atom stereocenters. The molecule has 0 bridgehead atoms. The van der Waals surface area contributed by atoms with Gasteiger partial charge in [-0.05, 0) is 31.9 Å². The smallest absolute Gasteiger partial charge is 0.254 e. The summed E-state index contributed by atoms with van der Waals surface area (Å²) in [6, 6.07) is 7.63. The van der Waals surface area contributed by atoms with Crippen LogP contribution < -0.4 is 10.3 Å². The number of hydrogen-bond donors (Lipinski definition) is 1. The number of aryl methyl sites for hydroxylation is 1. The Morgan fingerprint density at radius 1 is 1.30 bits per heavy atom. The Hall–Kier alpha value is -2.10. The topological polar surface area (TPSA) is 55.0 Å². The van der Waals surface area contributed by atoms with Crippen molar-refractivity contribution in [3.63, 3.8) is 0 Å². The summed E-state index contributed by atoms with van der Waals surface area (Å²) in [7, 11) is 0. The lowest BCUT2D eigenvalue weighted by molar-refractivity contribution is 0.317. The quantitative estimate of drug-likeness (QED) is 0.910. The van der Waals surface area contributed by atoms with E-state index in [0.29, 0.717) is 18.9 Å². The molecule has 0 amide bonds. The van der Waals surface area contributed by atoms with Gasteiger partial charge in [-0.2, -0.15) is 0 Å². The van der Waals surface area contributed by atoms with Crippen LogP contribution in [-0.4, -0.2) is 16.6 Å².